The van der Waals surface area contributed by atoms with Crippen LogP contribution < -0.4 is 4.85 Å². The zero-order valence-corrected chi connectivity index (χ0v) is 6.82. The van der Waals surface area contributed by atoms with Gasteiger partial charge in [0.05, 0.1) is 5.39 Å². The van der Waals surface area contributed by atoms with Crippen LogP contribution in [0.3, 0.4) is 0 Å². The van der Waals surface area contributed by atoms with E-state index in [0.717, 1.165) is 5.39 Å². The first-order valence-corrected chi connectivity index (χ1v) is 3.80. The zero-order valence-electron chi connectivity index (χ0n) is 6.07. The fraction of sp³-hybridized carbons (Fsp3) is 0. The van der Waals surface area contributed by atoms with Crippen LogP contribution in [-0.4, -0.2) is 5.10 Å². The van der Waals surface area contributed by atoms with Gasteiger partial charge in [0, 0.05) is 11.2 Å². The Balaban J connectivity index is 2.89. The first kappa shape index (κ1) is 7.31. The zero-order chi connectivity index (χ0) is 8.55. The Morgan fingerprint density at radius 2 is 2.08 bits per heavy atom. The molecule has 0 unspecified atom stereocenters. The molecule has 0 bridgehead atoms. The smallest absolute Gasteiger partial charge is 0.252 e. The van der Waals surface area contributed by atoms with E-state index in [4.69, 9.17) is 11.6 Å². The molecule has 0 fully saturated rings. The van der Waals surface area contributed by atoms with Gasteiger partial charge in [-0.25, -0.2) is 0 Å². The number of benzene rings is 1. The Labute approximate surface area is 73.8 Å². The topological polar surface area (TPSA) is 39.8 Å². The fourth-order valence-electron chi connectivity index (χ4n) is 1.08. The molecule has 0 atom stereocenters. The third-order valence-electron chi connectivity index (χ3n) is 1.60. The van der Waals surface area contributed by atoms with Crippen molar-refractivity contribution in [1.29, 1.82) is 0 Å². The third-order valence-corrected chi connectivity index (χ3v) is 1.79. The third kappa shape index (κ3) is 1.08. The van der Waals surface area contributed by atoms with E-state index < -0.39 is 0 Å². The van der Waals surface area contributed by atoms with Gasteiger partial charge in [0.15, 0.2) is 5.15 Å². The molecule has 1 heterocycles. The van der Waals surface area contributed by atoms with Gasteiger partial charge in [0.25, 0.3) is 5.52 Å². The molecular formula is C8H5ClN2O. The highest BCUT2D eigenvalue weighted by Gasteiger charge is 2.04. The van der Waals surface area contributed by atoms with Crippen LogP contribution in [0.5, 0.6) is 0 Å². The van der Waals surface area contributed by atoms with Gasteiger partial charge in [0.2, 0.25) is 0 Å². The standard InChI is InChI=1S/C8H5ClN2O/c9-8-5-6-3-1-2-4-7(6)11(12)10-8/h1-5H. The minimum absolute atomic E-state index is 0.212. The first-order chi connectivity index (χ1) is 5.77. The molecule has 0 radical (unpaired) electrons. The first-order valence-electron chi connectivity index (χ1n) is 3.42. The SMILES string of the molecule is [O-][n+]1nc(Cl)cc2ccccc21. The van der Waals surface area contributed by atoms with Crippen LogP contribution >= 0.6 is 11.6 Å². The van der Waals surface area contributed by atoms with Gasteiger partial charge in [-0.2, -0.15) is 0 Å². The summed E-state index contributed by atoms with van der Waals surface area (Å²) in [6, 6.07) is 8.80. The van der Waals surface area contributed by atoms with E-state index in [1.807, 2.05) is 12.1 Å². The summed E-state index contributed by atoms with van der Waals surface area (Å²) in [5, 5.41) is 15.7. The van der Waals surface area contributed by atoms with Crippen LogP contribution in [0.15, 0.2) is 30.3 Å². The highest BCUT2D eigenvalue weighted by Crippen LogP contribution is 2.11. The molecule has 3 nitrogen and oxygen atoms in total. The second kappa shape index (κ2) is 2.60. The van der Waals surface area contributed by atoms with E-state index >= 15 is 0 Å². The average Bonchev–Trinajstić information content (AvgIpc) is 2.04. The molecule has 12 heavy (non-hydrogen) atoms. The summed E-state index contributed by atoms with van der Waals surface area (Å²) < 4.78 is 0. The predicted molar refractivity (Wildman–Crippen MR) is 45.7 cm³/mol. The summed E-state index contributed by atoms with van der Waals surface area (Å²) in [6.45, 7) is 0. The summed E-state index contributed by atoms with van der Waals surface area (Å²) in [4.78, 5) is 0.525. The van der Waals surface area contributed by atoms with E-state index in [1.165, 1.54) is 0 Å². The summed E-state index contributed by atoms with van der Waals surface area (Å²) in [6.07, 6.45) is 0. The van der Waals surface area contributed by atoms with E-state index in [9.17, 15) is 5.21 Å². The van der Waals surface area contributed by atoms with Crippen molar-refractivity contribution in [3.63, 3.8) is 0 Å². The lowest BCUT2D eigenvalue weighted by atomic mass is 10.2. The molecule has 0 spiro atoms. The fourth-order valence-corrected chi connectivity index (χ4v) is 1.27. The number of nitrogens with zero attached hydrogens (tertiary/aromatic N) is 2. The molecule has 1 aromatic carbocycles. The largest absolute Gasteiger partial charge is 0.594 e. The van der Waals surface area contributed by atoms with Crippen molar-refractivity contribution in [3.05, 3.63) is 40.7 Å². The molecule has 0 aliphatic carbocycles. The summed E-state index contributed by atoms with van der Waals surface area (Å²) in [5.41, 5.74) is 0.530. The molecule has 1 aromatic heterocycles. The maximum absolute atomic E-state index is 11.1. The van der Waals surface area contributed by atoms with Crippen molar-refractivity contribution in [1.82, 2.24) is 5.10 Å². The predicted octanol–water partition coefficient (Wildman–Crippen LogP) is 1.52. The Hall–Kier alpha value is -1.35. The Kier molecular flexibility index (Phi) is 1.59. The summed E-state index contributed by atoms with van der Waals surface area (Å²) in [5.74, 6) is 0. The van der Waals surface area contributed by atoms with E-state index in [0.29, 0.717) is 10.4 Å². The van der Waals surface area contributed by atoms with Gasteiger partial charge < -0.3 is 5.21 Å². The van der Waals surface area contributed by atoms with Gasteiger partial charge >= 0.3 is 0 Å². The molecule has 60 valence electrons. The number of hydrogen-bond acceptors (Lipinski definition) is 2. The van der Waals surface area contributed by atoms with Gasteiger partial charge in [-0.15, -0.1) is 0 Å². The number of fused-ring (bicyclic) bond motifs is 1. The number of rotatable bonds is 0. The molecule has 2 rings (SSSR count). The van der Waals surface area contributed by atoms with Crippen molar-refractivity contribution in [2.75, 3.05) is 0 Å². The van der Waals surface area contributed by atoms with Crippen LogP contribution in [-0.2, 0) is 0 Å². The lowest BCUT2D eigenvalue weighted by molar-refractivity contribution is -0.642. The quantitative estimate of drug-likeness (QED) is 0.456. The van der Waals surface area contributed by atoms with Crippen LogP contribution in [0.25, 0.3) is 10.9 Å². The molecular weight excluding hydrogens is 176 g/mol. The maximum atomic E-state index is 11.1. The van der Waals surface area contributed by atoms with Crippen molar-refractivity contribution < 1.29 is 4.85 Å². The van der Waals surface area contributed by atoms with Crippen molar-refractivity contribution in [3.8, 4) is 0 Å². The van der Waals surface area contributed by atoms with Gasteiger partial charge in [-0.05, 0) is 17.0 Å². The number of hydrogen-bond donors (Lipinski definition) is 0. The lowest BCUT2D eigenvalue weighted by Gasteiger charge is -1.97. The van der Waals surface area contributed by atoms with Crippen LogP contribution in [0, 0.1) is 5.21 Å². The van der Waals surface area contributed by atoms with Gasteiger partial charge in [-0.1, -0.05) is 23.7 Å². The Morgan fingerprint density at radius 3 is 2.92 bits per heavy atom. The number of halogens is 1. The monoisotopic (exact) mass is 180 g/mol. The summed E-state index contributed by atoms with van der Waals surface area (Å²) in [7, 11) is 0. The molecule has 0 aliphatic rings. The van der Waals surface area contributed by atoms with Crippen LogP contribution in [0.4, 0.5) is 0 Å². The maximum Gasteiger partial charge on any atom is 0.252 e. The van der Waals surface area contributed by atoms with E-state index in [2.05, 4.69) is 5.10 Å². The summed E-state index contributed by atoms with van der Waals surface area (Å²) >= 11 is 5.59. The second-order valence-corrected chi connectivity index (χ2v) is 2.79. The van der Waals surface area contributed by atoms with Gasteiger partial charge in [-0.3, -0.25) is 0 Å². The normalized spacial score (nSPS) is 10.4. The lowest BCUT2D eigenvalue weighted by Crippen LogP contribution is -2.31. The number of aromatic nitrogens is 2. The van der Waals surface area contributed by atoms with Crippen molar-refractivity contribution in [2.24, 2.45) is 0 Å². The molecule has 2 aromatic rings. The van der Waals surface area contributed by atoms with E-state index in [-0.39, 0.29) is 5.15 Å². The molecule has 0 saturated carbocycles. The Bertz CT molecular complexity index is 430. The molecule has 4 heteroatoms. The molecule has 0 N–H and O–H groups in total. The second-order valence-electron chi connectivity index (χ2n) is 2.40. The van der Waals surface area contributed by atoms with E-state index in [1.54, 1.807) is 18.2 Å². The van der Waals surface area contributed by atoms with Crippen molar-refractivity contribution in [2.45, 2.75) is 0 Å². The highest BCUT2D eigenvalue weighted by molar-refractivity contribution is 6.29. The van der Waals surface area contributed by atoms with Crippen LogP contribution in [0.2, 0.25) is 5.15 Å². The van der Waals surface area contributed by atoms with Gasteiger partial charge in [0.1, 0.15) is 0 Å². The minimum Gasteiger partial charge on any atom is -0.594 e. The molecule has 0 amide bonds. The highest BCUT2D eigenvalue weighted by atomic mass is 35.5. The Morgan fingerprint density at radius 1 is 1.33 bits per heavy atom. The average molecular weight is 181 g/mol. The molecule has 0 saturated heterocycles. The van der Waals surface area contributed by atoms with Crippen LogP contribution in [0.1, 0.15) is 0 Å². The molecule has 0 aliphatic heterocycles. The van der Waals surface area contributed by atoms with Crippen molar-refractivity contribution >= 4 is 22.5 Å². The number of para-hydroxylation sites is 1. The minimum atomic E-state index is 0.212.